The molecule has 2 amide bonds. The minimum absolute atomic E-state index is 0.00263. The molecule has 4 aromatic rings. The second kappa shape index (κ2) is 13.6. The molecule has 0 spiro atoms. The maximum absolute atomic E-state index is 14.7. The number of hydrogen-bond donors (Lipinski definition) is 5. The molecule has 1 aliphatic carbocycles. The Kier molecular flexibility index (Phi) is 9.45. The van der Waals surface area contributed by atoms with E-state index >= 15 is 0 Å². The van der Waals surface area contributed by atoms with E-state index < -0.39 is 35.6 Å². The third kappa shape index (κ3) is 7.66. The number of pyridine rings is 2. The van der Waals surface area contributed by atoms with Crippen molar-refractivity contribution < 1.29 is 33.0 Å². The van der Waals surface area contributed by atoms with Crippen molar-refractivity contribution in [1.29, 1.82) is 0 Å². The third-order valence-electron chi connectivity index (χ3n) is 7.47. The minimum Gasteiger partial charge on any atom is -0.480 e. The normalized spacial score (nSPS) is 17.1. The highest BCUT2D eigenvalue weighted by molar-refractivity contribution is 5.93. The van der Waals surface area contributed by atoms with Gasteiger partial charge in [-0.05, 0) is 55.4 Å². The predicted molar refractivity (Wildman–Crippen MR) is 158 cm³/mol. The first-order valence-corrected chi connectivity index (χ1v) is 14.4. The molecule has 5 rings (SSSR count). The number of nitrogens with one attached hydrogen (secondary N) is 4. The zero-order valence-electron chi connectivity index (χ0n) is 24.5. The lowest BCUT2D eigenvalue weighted by Gasteiger charge is -2.30. The number of alkyl carbamates (subject to hydrolysis) is 1. The molecule has 3 atom stereocenters. The Morgan fingerprint density at radius 1 is 1.11 bits per heavy atom. The highest BCUT2D eigenvalue weighted by Gasteiger charge is 2.26. The maximum atomic E-state index is 14.7. The number of fused-ring (bicyclic) bond motifs is 1. The van der Waals surface area contributed by atoms with Gasteiger partial charge in [-0.1, -0.05) is 13.8 Å². The van der Waals surface area contributed by atoms with Crippen molar-refractivity contribution in [2.45, 2.75) is 64.3 Å². The van der Waals surface area contributed by atoms with Gasteiger partial charge in [0.15, 0.2) is 17.5 Å². The maximum Gasteiger partial charge on any atom is 0.408 e. The first-order chi connectivity index (χ1) is 21.6. The van der Waals surface area contributed by atoms with Crippen LogP contribution in [0.1, 0.15) is 55.6 Å². The largest absolute Gasteiger partial charge is 0.480 e. The van der Waals surface area contributed by atoms with Crippen LogP contribution in [0.5, 0.6) is 0 Å². The van der Waals surface area contributed by atoms with E-state index in [1.54, 1.807) is 26.1 Å². The number of anilines is 1. The van der Waals surface area contributed by atoms with Crippen LogP contribution in [-0.4, -0.2) is 66.1 Å². The van der Waals surface area contributed by atoms with Crippen molar-refractivity contribution in [2.75, 3.05) is 5.32 Å². The lowest BCUT2D eigenvalue weighted by Crippen LogP contribution is -2.44. The molecule has 13 nitrogen and oxygen atoms in total. The molecule has 0 radical (unpaired) electrons. The monoisotopic (exact) mass is 622 g/mol. The molecule has 0 bridgehead atoms. The van der Waals surface area contributed by atoms with Gasteiger partial charge in [0.1, 0.15) is 29.8 Å². The van der Waals surface area contributed by atoms with E-state index in [2.05, 4.69) is 40.9 Å². The first-order valence-electron chi connectivity index (χ1n) is 14.4. The molecule has 4 aromatic heterocycles. The predicted octanol–water partition coefficient (Wildman–Crippen LogP) is 4.18. The Bertz CT molecular complexity index is 1710. The van der Waals surface area contributed by atoms with Crippen LogP contribution < -0.4 is 16.0 Å². The molecule has 0 unspecified atom stereocenters. The van der Waals surface area contributed by atoms with Crippen molar-refractivity contribution in [3.8, 4) is 11.4 Å². The molecule has 1 saturated carbocycles. The summed E-state index contributed by atoms with van der Waals surface area (Å²) in [6.07, 6.45) is 6.95. The fourth-order valence-corrected chi connectivity index (χ4v) is 5.18. The highest BCUT2D eigenvalue weighted by Crippen LogP contribution is 2.28. The van der Waals surface area contributed by atoms with Gasteiger partial charge in [0.05, 0.1) is 12.4 Å². The summed E-state index contributed by atoms with van der Waals surface area (Å²) in [5.74, 6) is -2.90. The fraction of sp³-hybridized carbons (Fsp3) is 0.367. The second-order valence-electron chi connectivity index (χ2n) is 11.2. The Morgan fingerprint density at radius 3 is 2.69 bits per heavy atom. The zero-order chi connectivity index (χ0) is 32.1. The summed E-state index contributed by atoms with van der Waals surface area (Å²) in [5, 5.41) is 18.1. The molecule has 0 aromatic carbocycles. The van der Waals surface area contributed by atoms with Crippen LogP contribution in [0.15, 0.2) is 43.0 Å². The van der Waals surface area contributed by atoms with Crippen molar-refractivity contribution in [3.05, 3.63) is 65.9 Å². The van der Waals surface area contributed by atoms with Crippen LogP contribution in [0.25, 0.3) is 22.4 Å². The van der Waals surface area contributed by atoms with Crippen molar-refractivity contribution in [3.63, 3.8) is 0 Å². The Labute approximate surface area is 256 Å². The van der Waals surface area contributed by atoms with E-state index in [1.165, 1.54) is 18.3 Å². The quantitative estimate of drug-likeness (QED) is 0.172. The molecule has 1 aliphatic rings. The molecule has 5 N–H and O–H groups in total. The lowest BCUT2D eigenvalue weighted by molar-refractivity contribution is -0.140. The summed E-state index contributed by atoms with van der Waals surface area (Å²) in [5.41, 5.74) is 1.55. The number of rotatable bonds is 10. The van der Waals surface area contributed by atoms with E-state index in [1.807, 2.05) is 0 Å². The molecular weight excluding hydrogens is 590 g/mol. The van der Waals surface area contributed by atoms with E-state index in [0.717, 1.165) is 25.2 Å². The van der Waals surface area contributed by atoms with Gasteiger partial charge in [0, 0.05) is 35.4 Å². The van der Waals surface area contributed by atoms with Gasteiger partial charge in [-0.3, -0.25) is 9.78 Å². The number of ether oxygens (including phenoxy) is 1. The van der Waals surface area contributed by atoms with Gasteiger partial charge in [-0.25, -0.2) is 33.3 Å². The molecule has 236 valence electrons. The van der Waals surface area contributed by atoms with Crippen LogP contribution in [-0.2, 0) is 16.1 Å². The second-order valence-corrected chi connectivity index (χ2v) is 11.2. The highest BCUT2D eigenvalue weighted by atomic mass is 19.1. The van der Waals surface area contributed by atoms with Gasteiger partial charge >= 0.3 is 12.1 Å². The summed E-state index contributed by atoms with van der Waals surface area (Å²) in [6, 6.07) is 2.85. The number of aliphatic carboxylic acids is 1. The molecular formula is C30H32F2N8O5. The summed E-state index contributed by atoms with van der Waals surface area (Å²) in [4.78, 5) is 55.9. The van der Waals surface area contributed by atoms with E-state index in [4.69, 9.17) is 4.74 Å². The minimum atomic E-state index is -1.17. The molecule has 4 heterocycles. The topological polar surface area (TPSA) is 184 Å². The third-order valence-corrected chi connectivity index (χ3v) is 7.47. The number of carboxylic acids is 1. The summed E-state index contributed by atoms with van der Waals surface area (Å²) >= 11 is 0. The number of carboxylic acid groups (broad SMARTS) is 1. The standard InChI is InChI=1S/C30H32F2N8O5/c1-15(2)24(29(42)43)39-30(44)45-14-16-6-7-33-23(8-16)28(41)38-19-5-3-4-18(10-19)37-27-22(32)13-36-26(40-27)21-12-35-25-20(21)9-17(31)11-34-25/h6-9,11-13,15,18-19,24H,3-5,10,14H2,1-2H3,(H,34,35)(H,38,41)(H,39,44)(H,42,43)(H,36,37,40)/t18-,19+,24-/m0/s1. The Hall–Kier alpha value is -5.21. The van der Waals surface area contributed by atoms with E-state index in [0.29, 0.717) is 35.0 Å². The smallest absolute Gasteiger partial charge is 0.408 e. The lowest BCUT2D eigenvalue weighted by atomic mass is 9.91. The summed E-state index contributed by atoms with van der Waals surface area (Å²) in [6.45, 7) is 3.14. The van der Waals surface area contributed by atoms with Gasteiger partial charge in [-0.2, -0.15) is 0 Å². The number of halogens is 2. The van der Waals surface area contributed by atoms with Crippen molar-refractivity contribution in [1.82, 2.24) is 35.6 Å². The number of amides is 2. The number of aromatic nitrogens is 5. The van der Waals surface area contributed by atoms with Gasteiger partial charge < -0.3 is 30.8 Å². The summed E-state index contributed by atoms with van der Waals surface area (Å²) in [7, 11) is 0. The first kappa shape index (κ1) is 31.2. The van der Waals surface area contributed by atoms with Gasteiger partial charge in [0.2, 0.25) is 0 Å². The number of H-pyrrole nitrogens is 1. The average molecular weight is 623 g/mol. The Balaban J connectivity index is 1.18. The molecule has 0 saturated heterocycles. The average Bonchev–Trinajstić information content (AvgIpc) is 3.43. The molecule has 15 heteroatoms. The van der Waals surface area contributed by atoms with Crippen LogP contribution in [0.4, 0.5) is 19.4 Å². The van der Waals surface area contributed by atoms with Gasteiger partial charge in [0.25, 0.3) is 5.91 Å². The van der Waals surface area contributed by atoms with E-state index in [9.17, 15) is 28.3 Å². The van der Waals surface area contributed by atoms with Crippen molar-refractivity contribution in [2.24, 2.45) is 5.92 Å². The number of nitrogens with zero attached hydrogens (tertiary/aromatic N) is 4. The van der Waals surface area contributed by atoms with Gasteiger partial charge in [-0.15, -0.1) is 0 Å². The number of carbonyl (C=O) groups excluding carboxylic acids is 2. The number of aromatic amines is 1. The molecule has 1 fully saturated rings. The fourth-order valence-electron chi connectivity index (χ4n) is 5.18. The molecule has 0 aliphatic heterocycles. The van der Waals surface area contributed by atoms with Crippen LogP contribution in [0.2, 0.25) is 0 Å². The van der Waals surface area contributed by atoms with Crippen LogP contribution in [0, 0.1) is 17.6 Å². The zero-order valence-corrected chi connectivity index (χ0v) is 24.5. The molecule has 45 heavy (non-hydrogen) atoms. The van der Waals surface area contributed by atoms with Crippen LogP contribution in [0.3, 0.4) is 0 Å². The van der Waals surface area contributed by atoms with Crippen molar-refractivity contribution >= 4 is 34.8 Å². The number of hydrogen-bond acceptors (Lipinski definition) is 9. The van der Waals surface area contributed by atoms with Crippen LogP contribution >= 0.6 is 0 Å². The summed E-state index contributed by atoms with van der Waals surface area (Å²) < 4.78 is 33.7. The van der Waals surface area contributed by atoms with E-state index in [-0.39, 0.29) is 41.9 Å². The Morgan fingerprint density at radius 2 is 1.91 bits per heavy atom. The number of carbonyl (C=O) groups is 3. The SMILES string of the molecule is CC(C)[C@H](NC(=O)OCc1ccnc(C(=O)N[C@@H]2CCC[C@H](Nc3nc(-c4c[nH]c5ncc(F)cc45)ncc3F)C2)c1)C(=O)O.